The molecule has 2 amide bonds. The summed E-state index contributed by atoms with van der Waals surface area (Å²) >= 11 is 2.55. The van der Waals surface area contributed by atoms with Crippen LogP contribution in [-0.2, 0) is 9.59 Å². The maximum Gasteiger partial charge on any atom is 0.236 e. The fourth-order valence-corrected chi connectivity index (χ4v) is 4.89. The van der Waals surface area contributed by atoms with Crippen molar-refractivity contribution in [1.82, 2.24) is 24.9 Å². The van der Waals surface area contributed by atoms with Gasteiger partial charge in [-0.3, -0.25) is 9.59 Å². The van der Waals surface area contributed by atoms with E-state index in [2.05, 4.69) is 35.6 Å². The molecule has 0 spiro atoms. The number of imidazole rings is 2. The van der Waals surface area contributed by atoms with Crippen molar-refractivity contribution in [2.24, 2.45) is 0 Å². The summed E-state index contributed by atoms with van der Waals surface area (Å²) in [6.45, 7) is 0. The number of hydrogen-bond acceptors (Lipinski definition) is 9. The van der Waals surface area contributed by atoms with Gasteiger partial charge in [0.1, 0.15) is 23.1 Å². The van der Waals surface area contributed by atoms with Gasteiger partial charge in [0.2, 0.25) is 11.8 Å². The zero-order chi connectivity index (χ0) is 26.5. The summed E-state index contributed by atoms with van der Waals surface area (Å²) in [5, 5.41) is 6.74. The molecule has 38 heavy (non-hydrogen) atoms. The van der Waals surface area contributed by atoms with Gasteiger partial charge >= 0.3 is 0 Å². The van der Waals surface area contributed by atoms with Crippen molar-refractivity contribution in [1.29, 1.82) is 0 Å². The predicted octanol–water partition coefficient (Wildman–Crippen LogP) is 4.31. The summed E-state index contributed by atoms with van der Waals surface area (Å²) < 4.78 is 10.4. The van der Waals surface area contributed by atoms with Crippen LogP contribution in [0.5, 0.6) is 11.5 Å². The summed E-state index contributed by atoms with van der Waals surface area (Å²) in [5.74, 6) is 1.89. The van der Waals surface area contributed by atoms with Gasteiger partial charge in [0.15, 0.2) is 10.3 Å². The van der Waals surface area contributed by atoms with Gasteiger partial charge in [0, 0.05) is 12.1 Å². The van der Waals surface area contributed by atoms with Crippen molar-refractivity contribution in [3.05, 3.63) is 54.6 Å². The smallest absolute Gasteiger partial charge is 0.236 e. The topological polar surface area (TPSA) is 147 Å². The molecule has 5 aromatic rings. The van der Waals surface area contributed by atoms with Gasteiger partial charge < -0.3 is 30.1 Å². The number of H-pyrrole nitrogens is 2. The first-order chi connectivity index (χ1) is 18.5. The summed E-state index contributed by atoms with van der Waals surface area (Å²) in [6, 6.07) is 16.1. The molecule has 0 saturated carbocycles. The maximum atomic E-state index is 12.5. The van der Waals surface area contributed by atoms with E-state index in [9.17, 15) is 9.59 Å². The molecule has 11 nitrogen and oxygen atoms in total. The van der Waals surface area contributed by atoms with Crippen LogP contribution in [0.25, 0.3) is 22.1 Å². The number of carbonyl (C=O) groups excluding carboxylic acids is 2. The largest absolute Gasteiger partial charge is 0.497 e. The Balaban J connectivity index is 1.11. The van der Waals surface area contributed by atoms with Gasteiger partial charge in [-0.2, -0.15) is 0 Å². The third kappa shape index (κ3) is 6.18. The fourth-order valence-electron chi connectivity index (χ4n) is 3.52. The van der Waals surface area contributed by atoms with Crippen molar-refractivity contribution in [2.75, 3.05) is 36.4 Å². The van der Waals surface area contributed by atoms with E-state index in [1.165, 1.54) is 23.5 Å². The second kappa shape index (κ2) is 11.4. The number of aromatic nitrogens is 5. The van der Waals surface area contributed by atoms with E-state index >= 15 is 0 Å². The van der Waals surface area contributed by atoms with Gasteiger partial charge in [-0.25, -0.2) is 15.0 Å². The number of thioether (sulfide) groups is 2. The Labute approximate surface area is 225 Å². The molecule has 3 heterocycles. The molecule has 0 atom stereocenters. The van der Waals surface area contributed by atoms with E-state index in [4.69, 9.17) is 9.47 Å². The van der Waals surface area contributed by atoms with Crippen LogP contribution in [0.15, 0.2) is 64.9 Å². The average Bonchev–Trinajstić information content (AvgIpc) is 3.53. The van der Waals surface area contributed by atoms with Crippen LogP contribution in [0.3, 0.4) is 0 Å². The van der Waals surface area contributed by atoms with Crippen molar-refractivity contribution < 1.29 is 19.1 Å². The number of pyridine rings is 1. The van der Waals surface area contributed by atoms with E-state index in [1.807, 2.05) is 36.4 Å². The number of anilines is 2. The number of nitrogens with zero attached hydrogens (tertiary/aromatic N) is 3. The highest BCUT2D eigenvalue weighted by atomic mass is 32.2. The lowest BCUT2D eigenvalue weighted by Crippen LogP contribution is -2.18. The van der Waals surface area contributed by atoms with Crippen molar-refractivity contribution in [3.63, 3.8) is 0 Å². The second-order valence-corrected chi connectivity index (χ2v) is 9.86. The summed E-state index contributed by atoms with van der Waals surface area (Å²) in [5.41, 5.74) is 3.24. The Morgan fingerprint density at radius 3 is 1.66 bits per heavy atom. The molecule has 194 valence electrons. The van der Waals surface area contributed by atoms with Crippen LogP contribution >= 0.6 is 23.5 Å². The number of hydrogen-bond donors (Lipinski definition) is 4. The highest BCUT2D eigenvalue weighted by molar-refractivity contribution is 8.00. The van der Waals surface area contributed by atoms with Gasteiger partial charge in [0.05, 0.1) is 47.8 Å². The fraction of sp³-hybridized carbons (Fsp3) is 0.160. The molecule has 0 fully saturated rings. The third-order valence-corrected chi connectivity index (χ3v) is 7.05. The lowest BCUT2D eigenvalue weighted by Gasteiger charge is -2.07. The molecule has 0 unspecified atom stereocenters. The molecule has 3 aromatic heterocycles. The summed E-state index contributed by atoms with van der Waals surface area (Å²) in [4.78, 5) is 44.5. The molecule has 13 heteroatoms. The minimum absolute atomic E-state index is 0.134. The molecule has 0 aliphatic heterocycles. The molecule has 0 bridgehead atoms. The van der Waals surface area contributed by atoms with Gasteiger partial charge in [-0.1, -0.05) is 29.6 Å². The zero-order valence-corrected chi connectivity index (χ0v) is 22.0. The lowest BCUT2D eigenvalue weighted by molar-refractivity contribution is -0.114. The Morgan fingerprint density at radius 1 is 0.737 bits per heavy atom. The number of methoxy groups -OCH3 is 2. The van der Waals surface area contributed by atoms with Crippen LogP contribution in [0.1, 0.15) is 0 Å². The van der Waals surface area contributed by atoms with Crippen LogP contribution in [-0.4, -0.2) is 62.5 Å². The standard InChI is InChI=1S/C25H23N7O4S2/c1-35-14-6-8-16-18(10-14)28-24(26-16)37-12-22(33)31-20-4-3-5-21(30-20)32-23(34)13-38-25-27-17-9-7-15(36-2)11-19(17)29-25/h3-11H,12-13H2,1-2H3,(H,26,28)(H,27,29)(H2,30,31,32,33,34). The maximum absolute atomic E-state index is 12.5. The Bertz CT molecular complexity index is 1500. The minimum atomic E-state index is -0.249. The van der Waals surface area contributed by atoms with E-state index < -0.39 is 0 Å². The van der Waals surface area contributed by atoms with Crippen molar-refractivity contribution >= 4 is 69.0 Å². The molecule has 2 aromatic carbocycles. The monoisotopic (exact) mass is 549 g/mol. The molecular weight excluding hydrogens is 526 g/mol. The van der Waals surface area contributed by atoms with E-state index in [0.29, 0.717) is 21.9 Å². The molecular formula is C25H23N7O4S2. The Kier molecular flexibility index (Phi) is 7.65. The summed E-state index contributed by atoms with van der Waals surface area (Å²) in [6.07, 6.45) is 0. The lowest BCUT2D eigenvalue weighted by atomic mass is 10.3. The van der Waals surface area contributed by atoms with E-state index in [0.717, 1.165) is 33.6 Å². The SMILES string of the molecule is COc1ccc2nc(SCC(=O)Nc3cccc(NC(=O)CSc4nc5ccc(OC)cc5[nH]4)n3)[nH]c2c1. The number of benzene rings is 2. The number of amides is 2. The molecule has 0 aliphatic rings. The Hall–Kier alpha value is -4.23. The highest BCUT2D eigenvalue weighted by Gasteiger charge is 2.11. The van der Waals surface area contributed by atoms with Crippen LogP contribution in [0.4, 0.5) is 11.6 Å². The normalized spacial score (nSPS) is 11.0. The highest BCUT2D eigenvalue weighted by Crippen LogP contribution is 2.24. The first kappa shape index (κ1) is 25.4. The zero-order valence-electron chi connectivity index (χ0n) is 20.4. The van der Waals surface area contributed by atoms with Crippen LogP contribution in [0.2, 0.25) is 0 Å². The number of ether oxygens (including phenoxy) is 2. The molecule has 4 N–H and O–H groups in total. The predicted molar refractivity (Wildman–Crippen MR) is 148 cm³/mol. The first-order valence-corrected chi connectivity index (χ1v) is 13.4. The number of aromatic amines is 2. The van der Waals surface area contributed by atoms with Gasteiger partial charge in [0.25, 0.3) is 0 Å². The van der Waals surface area contributed by atoms with Crippen molar-refractivity contribution in [2.45, 2.75) is 10.3 Å². The molecule has 0 radical (unpaired) electrons. The van der Waals surface area contributed by atoms with Crippen LogP contribution in [0, 0.1) is 0 Å². The van der Waals surface area contributed by atoms with Gasteiger partial charge in [-0.15, -0.1) is 0 Å². The Morgan fingerprint density at radius 2 is 1.21 bits per heavy atom. The average molecular weight is 550 g/mol. The quantitative estimate of drug-likeness (QED) is 0.187. The van der Waals surface area contributed by atoms with E-state index in [1.54, 1.807) is 32.4 Å². The number of fused-ring (bicyclic) bond motifs is 2. The second-order valence-electron chi connectivity index (χ2n) is 7.93. The minimum Gasteiger partial charge on any atom is -0.497 e. The van der Waals surface area contributed by atoms with Crippen molar-refractivity contribution in [3.8, 4) is 11.5 Å². The number of carbonyl (C=O) groups is 2. The third-order valence-electron chi connectivity index (χ3n) is 5.30. The van der Waals surface area contributed by atoms with Crippen LogP contribution < -0.4 is 20.1 Å². The number of nitrogens with one attached hydrogen (secondary N) is 4. The number of rotatable bonds is 10. The molecule has 0 aliphatic carbocycles. The summed E-state index contributed by atoms with van der Waals surface area (Å²) in [7, 11) is 3.21. The molecule has 5 rings (SSSR count). The van der Waals surface area contributed by atoms with Gasteiger partial charge in [-0.05, 0) is 36.4 Å². The van der Waals surface area contributed by atoms with E-state index in [-0.39, 0.29) is 23.3 Å². The molecule has 0 saturated heterocycles. The first-order valence-electron chi connectivity index (χ1n) is 11.4.